The molecule has 2 aromatic carbocycles. The molecule has 0 spiro atoms. The van der Waals surface area contributed by atoms with Crippen LogP contribution in [-0.2, 0) is 111 Å². The molecule has 0 saturated carbocycles. The highest BCUT2D eigenvalue weighted by Crippen LogP contribution is 2.49. The number of phosphoric ester groups is 1. The maximum absolute atomic E-state index is 13.5. The lowest BCUT2D eigenvalue weighted by Crippen LogP contribution is -2.51. The van der Waals surface area contributed by atoms with E-state index < -0.39 is 111 Å². The lowest BCUT2D eigenvalue weighted by atomic mass is 9.99. The Bertz CT molecular complexity index is 4010. The lowest BCUT2D eigenvalue weighted by molar-refractivity contribution is -0.526. The highest BCUT2D eigenvalue weighted by Gasteiger charge is 2.49. The molecule has 2 aromatic heterocycles. The van der Waals surface area contributed by atoms with Gasteiger partial charge in [0.1, 0.15) is 24.0 Å². The summed E-state index contributed by atoms with van der Waals surface area (Å²) in [6.07, 6.45) is 11.7. The molecular weight excluding hydrogens is 1450 g/mol. The van der Waals surface area contributed by atoms with Gasteiger partial charge in [-0.05, 0) is 79.5 Å². The first-order valence-corrected chi connectivity index (χ1v) is 39.1. The summed E-state index contributed by atoms with van der Waals surface area (Å²) < 4.78 is 73.0. The Morgan fingerprint density at radius 1 is 0.582 bits per heavy atom. The lowest BCUT2D eigenvalue weighted by Gasteiger charge is -2.22. The molecule has 600 valence electrons. The summed E-state index contributed by atoms with van der Waals surface area (Å²) in [6.45, 7) is 13.1. The first kappa shape index (κ1) is 85.3. The van der Waals surface area contributed by atoms with Crippen LogP contribution in [0.1, 0.15) is 93.9 Å². The zero-order valence-corrected chi connectivity index (χ0v) is 63.1. The van der Waals surface area contributed by atoms with E-state index >= 15 is 0 Å². The third-order valence-corrected chi connectivity index (χ3v) is 20.1. The molecule has 16 bridgehead atoms. The minimum Gasteiger partial charge on any atom is -0.480 e. The number of fused-ring (bicyclic) bond motifs is 8. The number of urea groups is 2. The van der Waals surface area contributed by atoms with Gasteiger partial charge in [-0.2, -0.15) is 29.4 Å². The van der Waals surface area contributed by atoms with Crippen LogP contribution in [0.15, 0.2) is 85.4 Å². The number of carbonyl (C=O) groups is 9. The molecule has 13 N–H and O–H groups in total. The molecule has 0 aliphatic carbocycles. The SMILES string of the molecule is C=C1NC(C(=O)O)Cc2c[nH]c3c(cccc23)CC(=O)NCCCCOCCOCCOCCCNC(=O)/C=C/C2C=[N+](C(=O)NC2=O)C2CC(C)C(COP(=O)(O)OC3CC(OC3CC)[N+]3=CC(/C=C/C(=O)NCCCOCCOCCOCCCCNC(=O)Cc4cccc5c(c[nH]c45)CC1N)C(=O)NC3=O)O2. The van der Waals surface area contributed by atoms with E-state index in [0.717, 1.165) is 55.1 Å². The molecule has 0 radical (unpaired) electrons. The Hall–Kier alpha value is -8.74. The Morgan fingerprint density at radius 3 is 1.52 bits per heavy atom. The van der Waals surface area contributed by atoms with Crippen LogP contribution >= 0.6 is 7.82 Å². The Kier molecular flexibility index (Phi) is 33.9. The summed E-state index contributed by atoms with van der Waals surface area (Å²) in [7, 11) is -4.83. The fraction of sp³-hybridized carbons (Fsp3) is 0.560. The van der Waals surface area contributed by atoms with Gasteiger partial charge in [-0.3, -0.25) is 28.2 Å². The minimum absolute atomic E-state index is 0.0904. The third-order valence-electron chi connectivity index (χ3n) is 19.0. The van der Waals surface area contributed by atoms with Gasteiger partial charge in [-0.25, -0.2) is 18.9 Å². The molecule has 5 aliphatic heterocycles. The highest BCUT2D eigenvalue weighted by atomic mass is 31.2. The smallest absolute Gasteiger partial charge is 0.480 e. The molecule has 10 amide bonds. The van der Waals surface area contributed by atoms with Crippen molar-refractivity contribution in [1.82, 2.24) is 47.2 Å². The molecule has 2 saturated heterocycles. The Balaban J connectivity index is 0.722. The van der Waals surface area contributed by atoms with Crippen molar-refractivity contribution < 1.29 is 114 Å². The number of carboxylic acid groups (broad SMARTS) is 1. The van der Waals surface area contributed by atoms with Crippen LogP contribution in [-0.4, -0.2) is 250 Å². The van der Waals surface area contributed by atoms with Crippen molar-refractivity contribution in [3.63, 3.8) is 0 Å². The number of amides is 10. The molecule has 34 nitrogen and oxygen atoms in total. The molecule has 4 aromatic rings. The van der Waals surface area contributed by atoms with Gasteiger partial charge in [-0.1, -0.05) is 69.0 Å². The van der Waals surface area contributed by atoms with Crippen molar-refractivity contribution in [3.05, 3.63) is 108 Å². The zero-order chi connectivity index (χ0) is 78.4. The fourth-order valence-electron chi connectivity index (χ4n) is 13.0. The van der Waals surface area contributed by atoms with E-state index in [4.69, 9.17) is 52.7 Å². The van der Waals surface area contributed by atoms with Crippen LogP contribution in [0.5, 0.6) is 0 Å². The van der Waals surface area contributed by atoms with Crippen molar-refractivity contribution in [2.45, 2.75) is 140 Å². The molecule has 9 rings (SSSR count). The second-order valence-electron chi connectivity index (χ2n) is 27.3. The molecule has 110 heavy (non-hydrogen) atoms. The Labute approximate surface area is 637 Å². The average Bonchev–Trinajstić information content (AvgIpc) is 1.66. The molecule has 35 heteroatoms. The number of nitrogens with two attached hydrogens (primary N) is 1. The van der Waals surface area contributed by atoms with Crippen molar-refractivity contribution in [2.24, 2.45) is 23.5 Å². The van der Waals surface area contributed by atoms with E-state index in [1.807, 2.05) is 42.6 Å². The first-order valence-electron chi connectivity index (χ1n) is 37.6. The number of nitrogens with zero attached hydrogens (tertiary/aromatic N) is 2. The van der Waals surface area contributed by atoms with Gasteiger partial charge < -0.3 is 90.2 Å². The van der Waals surface area contributed by atoms with E-state index in [2.05, 4.69) is 53.8 Å². The van der Waals surface area contributed by atoms with Crippen molar-refractivity contribution in [2.75, 3.05) is 112 Å². The predicted octanol–water partition coefficient (Wildman–Crippen LogP) is 3.11. The molecule has 7 heterocycles. The van der Waals surface area contributed by atoms with Gasteiger partial charge in [0.2, 0.25) is 36.1 Å². The summed E-state index contributed by atoms with van der Waals surface area (Å²) in [5.41, 5.74) is 11.8. The standard InChI is InChI=1S/C75H103N12O22P/c1-4-60-61-42-68(107-60)87-46-53(72(93)85-75(87)97)18-20-64(89)78-24-12-28-103-32-36-104-33-29-100-25-7-5-21-79-65(90)40-50-13-9-15-56-54(43-81-69(50)56)38-58(76)49(3)83-59(73(94)95)39-55-44-82-70-51(14-10-16-57(55)70)41-66(91)80-22-6-8-26-101-30-34-105-35-31-102-27-11-23-77-63(88)19-17-52-45-86(74(96)84-71(52)92)67-37-48(2)62(108-67)47-106-110(98,99)109-61/h9-10,13-20,43-46,48,52-53,58-62,67-68,81-83H,3-8,11-12,21-42,47,76H2,1-2H3,(H6-2,77,78,79,80,84,85,88,89,90,91,92,93,94,95,96,97,98,99)/p+2/b19-17+,20-18+. The van der Waals surface area contributed by atoms with Crippen LogP contribution in [0.3, 0.4) is 0 Å². The number of carbonyl (C=O) groups excluding carboxylic acids is 8. The first-order chi connectivity index (χ1) is 53.1. The predicted molar refractivity (Wildman–Crippen MR) is 399 cm³/mol. The zero-order valence-electron chi connectivity index (χ0n) is 62.3. The maximum atomic E-state index is 13.5. The number of rotatable bonds is 2. The van der Waals surface area contributed by atoms with E-state index in [1.165, 1.54) is 41.3 Å². The van der Waals surface area contributed by atoms with Gasteiger partial charge in [0.05, 0.1) is 96.9 Å². The number of carboxylic acids is 1. The minimum atomic E-state index is -4.83. The van der Waals surface area contributed by atoms with Gasteiger partial charge >= 0.3 is 37.7 Å². The monoisotopic (exact) mass is 1560 g/mol. The number of aromatic nitrogens is 2. The second kappa shape index (κ2) is 43.8. The number of imide groups is 2. The number of phosphoric acid groups is 1. The number of hydrogen-bond donors (Lipinski definition) is 12. The van der Waals surface area contributed by atoms with Gasteiger partial charge in [0.15, 0.2) is 0 Å². The maximum Gasteiger partial charge on any atom is 0.500 e. The number of para-hydroxylation sites is 2. The number of benzene rings is 2. The van der Waals surface area contributed by atoms with Crippen LogP contribution < -0.4 is 43.0 Å². The normalized spacial score (nSPS) is 28.8. The largest absolute Gasteiger partial charge is 0.500 e. The quantitative estimate of drug-likeness (QED) is 0.101. The fourth-order valence-corrected chi connectivity index (χ4v) is 14.0. The summed E-state index contributed by atoms with van der Waals surface area (Å²) in [4.78, 5) is 134. The number of H-pyrrole nitrogens is 2. The van der Waals surface area contributed by atoms with Crippen molar-refractivity contribution in [1.29, 1.82) is 0 Å². The summed E-state index contributed by atoms with van der Waals surface area (Å²) in [6, 6.07) is 8.02. The number of ether oxygens (including phenoxy) is 8. The van der Waals surface area contributed by atoms with Crippen molar-refractivity contribution in [3.8, 4) is 0 Å². The topological polar surface area (TPSA) is 451 Å². The summed E-state index contributed by atoms with van der Waals surface area (Å²) >= 11 is 0. The van der Waals surface area contributed by atoms with Crippen LogP contribution in [0, 0.1) is 17.8 Å². The van der Waals surface area contributed by atoms with Crippen molar-refractivity contribution >= 4 is 95.5 Å². The molecule has 11 unspecified atom stereocenters. The Morgan fingerprint density at radius 2 is 1.04 bits per heavy atom. The van der Waals surface area contributed by atoms with Crippen LogP contribution in [0.4, 0.5) is 9.59 Å². The molecule has 2 fully saturated rings. The van der Waals surface area contributed by atoms with Crippen LogP contribution in [0.25, 0.3) is 21.8 Å². The molecule has 11 atom stereocenters. The average molecular weight is 1560 g/mol. The number of aliphatic carboxylic acids is 1. The van der Waals surface area contributed by atoms with E-state index in [-0.39, 0.29) is 62.9 Å². The number of aromatic amines is 2. The van der Waals surface area contributed by atoms with E-state index in [0.29, 0.717) is 143 Å². The summed E-state index contributed by atoms with van der Waals surface area (Å²) in [5.74, 6) is -6.08. The van der Waals surface area contributed by atoms with E-state index in [1.54, 1.807) is 20.0 Å². The van der Waals surface area contributed by atoms with Gasteiger partial charge in [0.25, 0.3) is 0 Å². The second-order valence-corrected chi connectivity index (χ2v) is 28.7. The molecular formula is C75H105N12O22P+2. The van der Waals surface area contributed by atoms with Gasteiger partial charge in [-0.15, -0.1) is 0 Å². The van der Waals surface area contributed by atoms with Gasteiger partial charge in [0, 0.05) is 130 Å². The molecule has 5 aliphatic rings. The van der Waals surface area contributed by atoms with E-state index in [9.17, 15) is 57.7 Å². The number of hydrogen-bond acceptors (Lipinski definition) is 22. The highest BCUT2D eigenvalue weighted by molar-refractivity contribution is 7.47. The van der Waals surface area contributed by atoms with Crippen LogP contribution in [0.2, 0.25) is 0 Å². The summed E-state index contributed by atoms with van der Waals surface area (Å²) in [5, 5.41) is 31.1. The third kappa shape index (κ3) is 26.5. The number of nitrogens with one attached hydrogen (secondary N) is 9.